The minimum Gasteiger partial charge on any atom is -0.452 e. The Balaban J connectivity index is 1.59. The Morgan fingerprint density at radius 2 is 1.72 bits per heavy atom. The monoisotopic (exact) mass is 442 g/mol. The highest BCUT2D eigenvalue weighted by Crippen LogP contribution is 2.30. The molecule has 0 radical (unpaired) electrons. The molecule has 1 heterocycles. The summed E-state index contributed by atoms with van der Waals surface area (Å²) in [7, 11) is 0. The summed E-state index contributed by atoms with van der Waals surface area (Å²) < 4.78 is 5.41. The van der Waals surface area contributed by atoms with Crippen molar-refractivity contribution in [3.63, 3.8) is 0 Å². The molecule has 0 atom stereocenters. The topological polar surface area (TPSA) is 68.3 Å². The number of hydrogen-bond acceptors (Lipinski definition) is 5. The van der Waals surface area contributed by atoms with Crippen LogP contribution in [-0.4, -0.2) is 29.7 Å². The van der Waals surface area contributed by atoms with Crippen LogP contribution in [0.2, 0.25) is 0 Å². The molecule has 0 aliphatic carbocycles. The highest BCUT2D eigenvalue weighted by atomic mass is 32.2. The van der Waals surface area contributed by atoms with Gasteiger partial charge in [0.05, 0.1) is 16.8 Å². The molecule has 0 fully saturated rings. The number of benzene rings is 3. The second-order valence-electron chi connectivity index (χ2n) is 7.20. The lowest BCUT2D eigenvalue weighted by molar-refractivity contribution is -0.119. The van der Waals surface area contributed by atoms with Crippen LogP contribution in [0.1, 0.15) is 15.9 Å². The fraction of sp³-hybridized carbons (Fsp3) is 0.115. The number of nitrogens with one attached hydrogen (secondary N) is 1. The molecule has 0 aliphatic rings. The molecule has 5 nitrogen and oxygen atoms in total. The Morgan fingerprint density at radius 1 is 0.969 bits per heavy atom. The van der Waals surface area contributed by atoms with Crippen molar-refractivity contribution in [3.05, 3.63) is 90.0 Å². The summed E-state index contributed by atoms with van der Waals surface area (Å²) in [4.78, 5) is 31.3. The number of nitrogens with zero attached hydrogens (tertiary/aromatic N) is 1. The lowest BCUT2D eigenvalue weighted by Gasteiger charge is -2.14. The molecule has 0 saturated carbocycles. The van der Waals surface area contributed by atoms with Gasteiger partial charge < -0.3 is 10.1 Å². The van der Waals surface area contributed by atoms with Gasteiger partial charge in [0.15, 0.2) is 6.61 Å². The van der Waals surface area contributed by atoms with E-state index in [4.69, 9.17) is 9.72 Å². The van der Waals surface area contributed by atoms with Gasteiger partial charge in [0.2, 0.25) is 0 Å². The highest BCUT2D eigenvalue weighted by Gasteiger charge is 2.20. The van der Waals surface area contributed by atoms with Gasteiger partial charge in [-0.2, -0.15) is 0 Å². The number of para-hydroxylation sites is 1. The third-order valence-electron chi connectivity index (χ3n) is 5.08. The Morgan fingerprint density at radius 3 is 2.50 bits per heavy atom. The number of fused-ring (bicyclic) bond motifs is 1. The van der Waals surface area contributed by atoms with Crippen LogP contribution in [0, 0.1) is 6.92 Å². The summed E-state index contributed by atoms with van der Waals surface area (Å²) in [6.07, 6.45) is 1.97. The van der Waals surface area contributed by atoms with Crippen LogP contribution >= 0.6 is 11.8 Å². The number of esters is 1. The van der Waals surface area contributed by atoms with E-state index in [0.29, 0.717) is 27.7 Å². The highest BCUT2D eigenvalue weighted by molar-refractivity contribution is 7.98. The predicted molar refractivity (Wildman–Crippen MR) is 129 cm³/mol. The molecule has 1 amide bonds. The summed E-state index contributed by atoms with van der Waals surface area (Å²) in [6.45, 7) is 1.48. The average Bonchev–Trinajstić information content (AvgIpc) is 2.83. The summed E-state index contributed by atoms with van der Waals surface area (Å²) in [5, 5.41) is 3.47. The van der Waals surface area contributed by atoms with Crippen LogP contribution < -0.4 is 5.32 Å². The molecule has 3 aromatic carbocycles. The summed E-state index contributed by atoms with van der Waals surface area (Å²) in [5.41, 5.74) is 4.13. The van der Waals surface area contributed by atoms with Crippen LogP contribution in [0.25, 0.3) is 22.2 Å². The van der Waals surface area contributed by atoms with E-state index in [2.05, 4.69) is 5.32 Å². The maximum absolute atomic E-state index is 13.1. The molecule has 6 heteroatoms. The van der Waals surface area contributed by atoms with E-state index < -0.39 is 11.9 Å². The van der Waals surface area contributed by atoms with Gasteiger partial charge >= 0.3 is 5.97 Å². The number of aromatic nitrogens is 1. The molecule has 1 N–H and O–H groups in total. The van der Waals surface area contributed by atoms with E-state index in [0.717, 1.165) is 16.2 Å². The molecule has 32 heavy (non-hydrogen) atoms. The minimum atomic E-state index is -0.550. The lowest BCUT2D eigenvalue weighted by Crippen LogP contribution is -2.21. The van der Waals surface area contributed by atoms with Crippen LogP contribution in [0.15, 0.2) is 83.8 Å². The van der Waals surface area contributed by atoms with Crippen molar-refractivity contribution in [1.29, 1.82) is 0 Å². The SMILES string of the molecule is CSc1cccc(NC(=O)COC(=O)c2c(C)c(-c3ccccc3)nc3ccccc23)c1. The molecule has 0 bridgehead atoms. The average molecular weight is 443 g/mol. The number of ether oxygens (including phenoxy) is 1. The van der Waals surface area contributed by atoms with Crippen LogP contribution in [0.4, 0.5) is 5.69 Å². The zero-order valence-electron chi connectivity index (χ0n) is 17.8. The molecule has 0 spiro atoms. The first-order chi connectivity index (χ1) is 15.6. The zero-order valence-corrected chi connectivity index (χ0v) is 18.6. The smallest absolute Gasteiger partial charge is 0.339 e. The van der Waals surface area contributed by atoms with Gasteiger partial charge in [-0.15, -0.1) is 11.8 Å². The van der Waals surface area contributed by atoms with Crippen LogP contribution in [-0.2, 0) is 9.53 Å². The number of carbonyl (C=O) groups excluding carboxylic acids is 2. The minimum absolute atomic E-state index is 0.376. The van der Waals surface area contributed by atoms with Crippen LogP contribution in [0.3, 0.4) is 0 Å². The molecular weight excluding hydrogens is 420 g/mol. The van der Waals surface area contributed by atoms with Gasteiger partial charge in [0.25, 0.3) is 5.91 Å². The lowest BCUT2D eigenvalue weighted by atomic mass is 9.98. The number of anilines is 1. The quantitative estimate of drug-likeness (QED) is 0.305. The fourth-order valence-corrected chi connectivity index (χ4v) is 4.01. The van der Waals surface area contributed by atoms with E-state index in [1.165, 1.54) is 0 Å². The summed E-state index contributed by atoms with van der Waals surface area (Å²) >= 11 is 1.59. The largest absolute Gasteiger partial charge is 0.452 e. The summed E-state index contributed by atoms with van der Waals surface area (Å²) in [5.74, 6) is -0.942. The molecule has 0 saturated heterocycles. The van der Waals surface area contributed by atoms with E-state index in [9.17, 15) is 9.59 Å². The van der Waals surface area contributed by atoms with E-state index in [1.54, 1.807) is 17.8 Å². The molecule has 0 aliphatic heterocycles. The molecular formula is C26H22N2O3S. The third-order valence-corrected chi connectivity index (χ3v) is 5.80. The van der Waals surface area contributed by atoms with Crippen molar-refractivity contribution < 1.29 is 14.3 Å². The van der Waals surface area contributed by atoms with E-state index in [-0.39, 0.29) is 6.61 Å². The Kier molecular flexibility index (Phi) is 6.52. The predicted octanol–water partition coefficient (Wildman–Crippen LogP) is 5.73. The van der Waals surface area contributed by atoms with Crippen molar-refractivity contribution in [3.8, 4) is 11.3 Å². The van der Waals surface area contributed by atoms with Gasteiger partial charge in [-0.25, -0.2) is 9.78 Å². The van der Waals surface area contributed by atoms with Crippen molar-refractivity contribution >= 4 is 40.2 Å². The number of hydrogen-bond donors (Lipinski definition) is 1. The van der Waals surface area contributed by atoms with Crippen molar-refractivity contribution in [2.45, 2.75) is 11.8 Å². The van der Waals surface area contributed by atoms with Crippen molar-refractivity contribution in [2.24, 2.45) is 0 Å². The Hall–Kier alpha value is -3.64. The first kappa shape index (κ1) is 21.6. The first-order valence-corrected chi connectivity index (χ1v) is 11.3. The number of thioether (sulfide) groups is 1. The van der Waals surface area contributed by atoms with E-state index >= 15 is 0 Å². The number of pyridine rings is 1. The second-order valence-corrected chi connectivity index (χ2v) is 8.08. The Bertz CT molecular complexity index is 1290. The van der Waals surface area contributed by atoms with Crippen LogP contribution in [0.5, 0.6) is 0 Å². The maximum atomic E-state index is 13.1. The first-order valence-electron chi connectivity index (χ1n) is 10.1. The number of rotatable bonds is 6. The van der Waals surface area contributed by atoms with Crippen molar-refractivity contribution in [1.82, 2.24) is 4.98 Å². The molecule has 4 rings (SSSR count). The fourth-order valence-electron chi connectivity index (χ4n) is 3.55. The van der Waals surface area contributed by atoms with Crippen molar-refractivity contribution in [2.75, 3.05) is 18.2 Å². The van der Waals surface area contributed by atoms with Gasteiger partial charge in [-0.3, -0.25) is 4.79 Å². The second kappa shape index (κ2) is 9.66. The molecule has 1 aromatic heterocycles. The normalized spacial score (nSPS) is 10.7. The zero-order chi connectivity index (χ0) is 22.5. The van der Waals surface area contributed by atoms with Gasteiger partial charge in [-0.05, 0) is 43.0 Å². The number of carbonyl (C=O) groups is 2. The summed E-state index contributed by atoms with van der Waals surface area (Å²) in [6, 6.07) is 24.6. The number of amides is 1. The standard InChI is InChI=1S/C26H22N2O3S/c1-17-24(26(30)31-16-23(29)27-19-11-8-12-20(15-19)32-2)21-13-6-7-14-22(21)28-25(17)18-9-4-3-5-10-18/h3-15H,16H2,1-2H3,(H,27,29). The van der Waals surface area contributed by atoms with Gasteiger partial charge in [-0.1, -0.05) is 54.6 Å². The molecule has 160 valence electrons. The van der Waals surface area contributed by atoms with Gasteiger partial charge in [0.1, 0.15) is 0 Å². The van der Waals surface area contributed by atoms with E-state index in [1.807, 2.05) is 86.0 Å². The molecule has 0 unspecified atom stereocenters. The Labute approximate surface area is 190 Å². The third kappa shape index (κ3) is 4.65. The maximum Gasteiger partial charge on any atom is 0.339 e. The van der Waals surface area contributed by atoms with Gasteiger partial charge in [0, 0.05) is 21.5 Å². The molecule has 4 aromatic rings.